The molecular formula is C13H14N4O4. The lowest BCUT2D eigenvalue weighted by Gasteiger charge is -2.14. The van der Waals surface area contributed by atoms with Crippen molar-refractivity contribution < 1.29 is 19.4 Å². The molecule has 1 aromatic carbocycles. The quantitative estimate of drug-likeness (QED) is 0.722. The van der Waals surface area contributed by atoms with E-state index in [0.29, 0.717) is 5.69 Å². The van der Waals surface area contributed by atoms with Gasteiger partial charge in [0.15, 0.2) is 0 Å². The molecular weight excluding hydrogens is 276 g/mol. The molecule has 0 saturated heterocycles. The standard InChI is InChI=1S/C13H14N4O4/c18-12(19)11(6-9-4-2-1-3-5-9)15-13(20)21-8-10-7-14-17-16-10/h1-5,7,11H,6,8H2,(H,15,20)(H,18,19)(H,14,16,17)/t11-/m1/s1. The topological polar surface area (TPSA) is 117 Å². The summed E-state index contributed by atoms with van der Waals surface area (Å²) in [7, 11) is 0. The van der Waals surface area contributed by atoms with Crippen LogP contribution in [0.25, 0.3) is 0 Å². The minimum Gasteiger partial charge on any atom is -0.480 e. The molecule has 0 fully saturated rings. The predicted molar refractivity (Wildman–Crippen MR) is 71.3 cm³/mol. The summed E-state index contributed by atoms with van der Waals surface area (Å²) < 4.78 is 4.87. The van der Waals surface area contributed by atoms with Crippen molar-refractivity contribution in [1.82, 2.24) is 20.7 Å². The number of amides is 1. The van der Waals surface area contributed by atoms with Crippen molar-refractivity contribution in [2.45, 2.75) is 19.1 Å². The van der Waals surface area contributed by atoms with Crippen LogP contribution in [0.15, 0.2) is 36.5 Å². The predicted octanol–water partition coefficient (Wildman–Crippen LogP) is 0.727. The number of benzene rings is 1. The summed E-state index contributed by atoms with van der Waals surface area (Å²) in [5.41, 5.74) is 1.25. The number of aromatic amines is 1. The SMILES string of the molecule is O=C(N[C@H](Cc1ccccc1)C(=O)O)OCc1cn[nH]n1. The van der Waals surface area contributed by atoms with Crippen LogP contribution in [-0.4, -0.2) is 38.6 Å². The van der Waals surface area contributed by atoms with E-state index in [1.807, 2.05) is 6.07 Å². The Labute approximate surface area is 120 Å². The molecule has 1 amide bonds. The lowest BCUT2D eigenvalue weighted by molar-refractivity contribution is -0.139. The molecule has 110 valence electrons. The fourth-order valence-electron chi connectivity index (χ4n) is 1.67. The Morgan fingerprint density at radius 3 is 2.71 bits per heavy atom. The van der Waals surface area contributed by atoms with Crippen molar-refractivity contribution in [3.63, 3.8) is 0 Å². The summed E-state index contributed by atoms with van der Waals surface area (Å²) in [6, 6.07) is 7.96. The molecule has 0 aliphatic heterocycles. The van der Waals surface area contributed by atoms with Gasteiger partial charge in [-0.05, 0) is 5.56 Å². The largest absolute Gasteiger partial charge is 0.480 e. The van der Waals surface area contributed by atoms with E-state index in [1.54, 1.807) is 24.3 Å². The second kappa shape index (κ2) is 7.04. The first-order valence-corrected chi connectivity index (χ1v) is 6.20. The lowest BCUT2D eigenvalue weighted by atomic mass is 10.1. The number of ether oxygens (including phenoxy) is 1. The van der Waals surface area contributed by atoms with Crippen LogP contribution in [-0.2, 0) is 22.6 Å². The number of nitrogens with one attached hydrogen (secondary N) is 2. The highest BCUT2D eigenvalue weighted by Crippen LogP contribution is 2.04. The maximum Gasteiger partial charge on any atom is 0.408 e. The van der Waals surface area contributed by atoms with Crippen LogP contribution < -0.4 is 5.32 Å². The zero-order valence-electron chi connectivity index (χ0n) is 11.0. The van der Waals surface area contributed by atoms with Crippen LogP contribution in [0.3, 0.4) is 0 Å². The molecule has 0 aliphatic rings. The fraction of sp³-hybridized carbons (Fsp3) is 0.231. The number of aromatic nitrogens is 3. The number of H-pyrrole nitrogens is 1. The molecule has 0 spiro atoms. The minimum absolute atomic E-state index is 0.0833. The highest BCUT2D eigenvalue weighted by atomic mass is 16.5. The van der Waals surface area contributed by atoms with Crippen LogP contribution >= 0.6 is 0 Å². The summed E-state index contributed by atoms with van der Waals surface area (Å²) in [5, 5.41) is 21.1. The molecule has 0 radical (unpaired) electrons. The number of carbonyl (C=O) groups is 2. The number of hydrogen-bond donors (Lipinski definition) is 3. The third-order valence-corrected chi connectivity index (χ3v) is 2.69. The van der Waals surface area contributed by atoms with Crippen LogP contribution in [0.1, 0.15) is 11.3 Å². The smallest absolute Gasteiger partial charge is 0.408 e. The van der Waals surface area contributed by atoms with Crippen molar-refractivity contribution in [3.05, 3.63) is 47.8 Å². The molecule has 0 aliphatic carbocycles. The molecule has 2 aromatic rings. The van der Waals surface area contributed by atoms with Gasteiger partial charge in [0.1, 0.15) is 18.3 Å². The third-order valence-electron chi connectivity index (χ3n) is 2.69. The van der Waals surface area contributed by atoms with E-state index >= 15 is 0 Å². The molecule has 3 N–H and O–H groups in total. The summed E-state index contributed by atoms with van der Waals surface area (Å²) >= 11 is 0. The summed E-state index contributed by atoms with van der Waals surface area (Å²) in [4.78, 5) is 22.8. The summed E-state index contributed by atoms with van der Waals surface area (Å²) in [6.45, 7) is -0.0833. The normalized spacial score (nSPS) is 11.6. The van der Waals surface area contributed by atoms with Crippen LogP contribution in [0, 0.1) is 0 Å². The molecule has 1 atom stereocenters. The first kappa shape index (κ1) is 14.5. The first-order chi connectivity index (χ1) is 10.1. The van der Waals surface area contributed by atoms with E-state index in [-0.39, 0.29) is 13.0 Å². The average Bonchev–Trinajstić information content (AvgIpc) is 2.99. The number of aliphatic carboxylic acids is 1. The lowest BCUT2D eigenvalue weighted by Crippen LogP contribution is -2.42. The zero-order chi connectivity index (χ0) is 15.1. The monoisotopic (exact) mass is 290 g/mol. The number of carboxylic acids is 1. The Morgan fingerprint density at radius 1 is 1.33 bits per heavy atom. The second-order valence-corrected chi connectivity index (χ2v) is 4.26. The number of hydrogen-bond acceptors (Lipinski definition) is 5. The highest BCUT2D eigenvalue weighted by molar-refractivity contribution is 5.80. The van der Waals surface area contributed by atoms with Gasteiger partial charge in [0.25, 0.3) is 0 Å². The molecule has 0 unspecified atom stereocenters. The number of alkyl carbamates (subject to hydrolysis) is 1. The van der Waals surface area contributed by atoms with Gasteiger partial charge in [0.05, 0.1) is 6.20 Å². The van der Waals surface area contributed by atoms with Crippen molar-refractivity contribution in [2.75, 3.05) is 0 Å². The van der Waals surface area contributed by atoms with Crippen LogP contribution in [0.4, 0.5) is 4.79 Å². The van der Waals surface area contributed by atoms with Gasteiger partial charge in [-0.2, -0.15) is 15.4 Å². The first-order valence-electron chi connectivity index (χ1n) is 6.20. The van der Waals surface area contributed by atoms with Gasteiger partial charge >= 0.3 is 12.1 Å². The van der Waals surface area contributed by atoms with E-state index in [2.05, 4.69) is 20.7 Å². The molecule has 8 heteroatoms. The Hall–Kier alpha value is -2.90. The summed E-state index contributed by atoms with van der Waals surface area (Å²) in [6.07, 6.45) is 0.766. The van der Waals surface area contributed by atoms with Crippen molar-refractivity contribution in [3.8, 4) is 0 Å². The van der Waals surface area contributed by atoms with E-state index in [1.165, 1.54) is 6.20 Å². The maximum atomic E-state index is 11.6. The Bertz CT molecular complexity index is 585. The van der Waals surface area contributed by atoms with E-state index in [9.17, 15) is 9.59 Å². The molecule has 1 heterocycles. The molecule has 0 saturated carbocycles. The molecule has 8 nitrogen and oxygen atoms in total. The Kier molecular flexibility index (Phi) is 4.86. The number of rotatable bonds is 6. The van der Waals surface area contributed by atoms with E-state index in [4.69, 9.17) is 9.84 Å². The average molecular weight is 290 g/mol. The van der Waals surface area contributed by atoms with Crippen molar-refractivity contribution in [2.24, 2.45) is 0 Å². The molecule has 1 aromatic heterocycles. The van der Waals surface area contributed by atoms with Crippen molar-refractivity contribution >= 4 is 12.1 Å². The van der Waals surface area contributed by atoms with Gasteiger partial charge in [-0.15, -0.1) is 0 Å². The van der Waals surface area contributed by atoms with Gasteiger partial charge in [-0.25, -0.2) is 9.59 Å². The Morgan fingerprint density at radius 2 is 2.10 bits per heavy atom. The van der Waals surface area contributed by atoms with Gasteiger partial charge in [-0.3, -0.25) is 0 Å². The van der Waals surface area contributed by atoms with Gasteiger partial charge in [-0.1, -0.05) is 30.3 Å². The van der Waals surface area contributed by atoms with Gasteiger partial charge in [0.2, 0.25) is 0 Å². The van der Waals surface area contributed by atoms with E-state index in [0.717, 1.165) is 5.56 Å². The fourth-order valence-corrected chi connectivity index (χ4v) is 1.67. The molecule has 0 bridgehead atoms. The van der Waals surface area contributed by atoms with Gasteiger partial charge in [0, 0.05) is 6.42 Å². The maximum absolute atomic E-state index is 11.6. The minimum atomic E-state index is -1.13. The number of carboxylic acid groups (broad SMARTS) is 1. The number of nitrogens with zero attached hydrogens (tertiary/aromatic N) is 2. The Balaban J connectivity index is 1.87. The molecule has 21 heavy (non-hydrogen) atoms. The van der Waals surface area contributed by atoms with Gasteiger partial charge < -0.3 is 15.2 Å². The third kappa shape index (κ3) is 4.60. The summed E-state index contributed by atoms with van der Waals surface area (Å²) in [5.74, 6) is -1.13. The highest BCUT2D eigenvalue weighted by Gasteiger charge is 2.21. The number of carbonyl (C=O) groups excluding carboxylic acids is 1. The molecule has 2 rings (SSSR count). The van der Waals surface area contributed by atoms with Crippen LogP contribution in [0.2, 0.25) is 0 Å². The van der Waals surface area contributed by atoms with Crippen LogP contribution in [0.5, 0.6) is 0 Å². The van der Waals surface area contributed by atoms with E-state index < -0.39 is 18.1 Å². The van der Waals surface area contributed by atoms with Crippen molar-refractivity contribution in [1.29, 1.82) is 0 Å². The second-order valence-electron chi connectivity index (χ2n) is 4.26. The zero-order valence-corrected chi connectivity index (χ0v) is 11.0.